The second-order valence-corrected chi connectivity index (χ2v) is 4.31. The van der Waals surface area contributed by atoms with Gasteiger partial charge in [0.1, 0.15) is 6.29 Å². The smallest absolute Gasteiger partial charge is 0.227 e. The minimum Gasteiger partial charge on any atom is -0.368 e. The lowest BCUT2D eigenvalue weighted by Crippen LogP contribution is -2.31. The Morgan fingerprint density at radius 3 is 2.88 bits per heavy atom. The zero-order valence-corrected chi connectivity index (χ0v) is 10.1. The molecular weight excluding hydrogens is 216 g/mol. The Bertz CT molecular complexity index is 457. The lowest BCUT2D eigenvalue weighted by Gasteiger charge is -2.27. The van der Waals surface area contributed by atoms with Crippen LogP contribution in [-0.2, 0) is 16.0 Å². The molecule has 1 amide bonds. The van der Waals surface area contributed by atoms with Gasteiger partial charge in [0.15, 0.2) is 0 Å². The molecule has 0 atom stereocenters. The zero-order chi connectivity index (χ0) is 12.4. The van der Waals surface area contributed by atoms with E-state index < -0.39 is 0 Å². The highest BCUT2D eigenvalue weighted by Crippen LogP contribution is 2.30. The first-order valence-corrected chi connectivity index (χ1v) is 5.67. The molecule has 1 aromatic rings. The SMILES string of the molecule is CN(CC=O)c1ccc2c(c1)CCC(=O)N2C. The van der Waals surface area contributed by atoms with E-state index in [0.29, 0.717) is 13.0 Å². The molecule has 0 saturated carbocycles. The van der Waals surface area contributed by atoms with E-state index in [1.54, 1.807) is 11.9 Å². The van der Waals surface area contributed by atoms with Crippen molar-refractivity contribution < 1.29 is 9.59 Å². The minimum atomic E-state index is 0.159. The summed E-state index contributed by atoms with van der Waals surface area (Å²) < 4.78 is 0. The van der Waals surface area contributed by atoms with Gasteiger partial charge in [-0.25, -0.2) is 0 Å². The molecule has 0 spiro atoms. The number of carbonyl (C=O) groups is 2. The highest BCUT2D eigenvalue weighted by molar-refractivity contribution is 5.96. The van der Waals surface area contributed by atoms with Gasteiger partial charge in [-0.3, -0.25) is 4.79 Å². The van der Waals surface area contributed by atoms with Crippen LogP contribution in [0.25, 0.3) is 0 Å². The van der Waals surface area contributed by atoms with E-state index in [1.165, 1.54) is 5.56 Å². The van der Waals surface area contributed by atoms with Crippen LogP contribution in [0.3, 0.4) is 0 Å². The number of hydrogen-bond donors (Lipinski definition) is 0. The Labute approximate surface area is 101 Å². The summed E-state index contributed by atoms with van der Waals surface area (Å²) in [5.74, 6) is 0.159. The van der Waals surface area contributed by atoms with Crippen molar-refractivity contribution in [2.24, 2.45) is 0 Å². The van der Waals surface area contributed by atoms with Crippen molar-refractivity contribution in [1.29, 1.82) is 0 Å². The second kappa shape index (κ2) is 4.57. The van der Waals surface area contributed by atoms with Gasteiger partial charge in [0.05, 0.1) is 6.54 Å². The molecule has 1 aliphatic heterocycles. The monoisotopic (exact) mass is 232 g/mol. The van der Waals surface area contributed by atoms with Crippen molar-refractivity contribution in [3.63, 3.8) is 0 Å². The molecule has 0 aliphatic carbocycles. The summed E-state index contributed by atoms with van der Waals surface area (Å²) in [7, 11) is 3.68. The molecule has 17 heavy (non-hydrogen) atoms. The number of amides is 1. The first kappa shape index (κ1) is 11.6. The van der Waals surface area contributed by atoms with Gasteiger partial charge in [-0.05, 0) is 30.2 Å². The average Bonchev–Trinajstić information content (AvgIpc) is 2.34. The Balaban J connectivity index is 2.32. The Kier molecular flexibility index (Phi) is 3.13. The van der Waals surface area contributed by atoms with Crippen molar-refractivity contribution in [3.05, 3.63) is 23.8 Å². The number of aryl methyl sites for hydroxylation is 1. The maximum atomic E-state index is 11.5. The molecule has 0 bridgehead atoms. The van der Waals surface area contributed by atoms with Crippen molar-refractivity contribution >= 4 is 23.6 Å². The van der Waals surface area contributed by atoms with Gasteiger partial charge in [0.2, 0.25) is 5.91 Å². The number of rotatable bonds is 3. The van der Waals surface area contributed by atoms with Crippen LogP contribution in [0.4, 0.5) is 11.4 Å². The number of nitrogens with zero attached hydrogens (tertiary/aromatic N) is 2. The van der Waals surface area contributed by atoms with E-state index in [-0.39, 0.29) is 5.91 Å². The highest BCUT2D eigenvalue weighted by atomic mass is 16.2. The van der Waals surface area contributed by atoms with Crippen LogP contribution >= 0.6 is 0 Å². The summed E-state index contributed by atoms with van der Waals surface area (Å²) in [6.45, 7) is 0.382. The van der Waals surface area contributed by atoms with Crippen molar-refractivity contribution in [3.8, 4) is 0 Å². The fraction of sp³-hybridized carbons (Fsp3) is 0.385. The van der Waals surface area contributed by atoms with E-state index in [4.69, 9.17) is 0 Å². The molecule has 4 nitrogen and oxygen atoms in total. The van der Waals surface area contributed by atoms with Crippen molar-refractivity contribution in [2.75, 3.05) is 30.4 Å². The summed E-state index contributed by atoms with van der Waals surface area (Å²) in [4.78, 5) is 25.6. The second-order valence-electron chi connectivity index (χ2n) is 4.31. The predicted octanol–water partition coefficient (Wildman–Crippen LogP) is 1.23. The molecule has 1 aliphatic rings. The maximum absolute atomic E-state index is 11.5. The summed E-state index contributed by atoms with van der Waals surface area (Å²) >= 11 is 0. The Hall–Kier alpha value is -1.84. The predicted molar refractivity (Wildman–Crippen MR) is 67.5 cm³/mol. The molecule has 1 aromatic carbocycles. The van der Waals surface area contributed by atoms with Crippen LogP contribution in [0.5, 0.6) is 0 Å². The zero-order valence-electron chi connectivity index (χ0n) is 10.1. The topological polar surface area (TPSA) is 40.6 Å². The van der Waals surface area contributed by atoms with Crippen LogP contribution < -0.4 is 9.80 Å². The van der Waals surface area contributed by atoms with E-state index in [9.17, 15) is 9.59 Å². The molecule has 0 fully saturated rings. The summed E-state index contributed by atoms with van der Waals surface area (Å²) in [5.41, 5.74) is 3.16. The van der Waals surface area contributed by atoms with Crippen LogP contribution in [0.2, 0.25) is 0 Å². The molecule has 90 valence electrons. The van der Waals surface area contributed by atoms with Gasteiger partial charge in [0, 0.05) is 31.9 Å². The van der Waals surface area contributed by atoms with E-state index in [1.807, 2.05) is 24.1 Å². The van der Waals surface area contributed by atoms with Gasteiger partial charge in [-0.1, -0.05) is 0 Å². The van der Waals surface area contributed by atoms with Crippen LogP contribution in [0.1, 0.15) is 12.0 Å². The molecule has 0 saturated heterocycles. The molecule has 4 heteroatoms. The standard InChI is InChI=1S/C13H16N2O2/c1-14(7-8-16)11-4-5-12-10(9-11)3-6-13(17)15(12)2/h4-5,8-9H,3,6-7H2,1-2H3. The fourth-order valence-corrected chi connectivity index (χ4v) is 2.10. The van der Waals surface area contributed by atoms with Gasteiger partial charge < -0.3 is 14.6 Å². The van der Waals surface area contributed by atoms with E-state index >= 15 is 0 Å². The molecule has 2 rings (SSSR count). The minimum absolute atomic E-state index is 0.159. The summed E-state index contributed by atoms with van der Waals surface area (Å²) in [6.07, 6.45) is 2.22. The maximum Gasteiger partial charge on any atom is 0.227 e. The van der Waals surface area contributed by atoms with Gasteiger partial charge in [-0.2, -0.15) is 0 Å². The first-order valence-electron chi connectivity index (χ1n) is 5.67. The van der Waals surface area contributed by atoms with Crippen LogP contribution in [-0.4, -0.2) is 32.8 Å². The van der Waals surface area contributed by atoms with Gasteiger partial charge in [0.25, 0.3) is 0 Å². The summed E-state index contributed by atoms with van der Waals surface area (Å²) in [5, 5.41) is 0. The number of likely N-dealkylation sites (N-methyl/N-ethyl adjacent to an activating group) is 1. The largest absolute Gasteiger partial charge is 0.368 e. The molecule has 0 aromatic heterocycles. The number of fused-ring (bicyclic) bond motifs is 1. The quantitative estimate of drug-likeness (QED) is 0.736. The van der Waals surface area contributed by atoms with Gasteiger partial charge in [-0.15, -0.1) is 0 Å². The third-order valence-electron chi connectivity index (χ3n) is 3.20. The fourth-order valence-electron chi connectivity index (χ4n) is 2.10. The number of hydrogen-bond acceptors (Lipinski definition) is 3. The van der Waals surface area contributed by atoms with Crippen LogP contribution in [0.15, 0.2) is 18.2 Å². The molecule has 0 N–H and O–H groups in total. The lowest BCUT2D eigenvalue weighted by molar-refractivity contribution is -0.118. The first-order chi connectivity index (χ1) is 8.13. The lowest BCUT2D eigenvalue weighted by atomic mass is 10.0. The molecule has 0 radical (unpaired) electrons. The Morgan fingerprint density at radius 1 is 1.41 bits per heavy atom. The number of benzene rings is 1. The molecule has 1 heterocycles. The van der Waals surface area contributed by atoms with E-state index in [0.717, 1.165) is 24.1 Å². The third kappa shape index (κ3) is 2.16. The molecular formula is C13H16N2O2. The third-order valence-corrected chi connectivity index (χ3v) is 3.20. The summed E-state index contributed by atoms with van der Waals surface area (Å²) in [6, 6.07) is 5.95. The number of aldehydes is 1. The van der Waals surface area contributed by atoms with Crippen molar-refractivity contribution in [2.45, 2.75) is 12.8 Å². The van der Waals surface area contributed by atoms with Gasteiger partial charge >= 0.3 is 0 Å². The van der Waals surface area contributed by atoms with E-state index in [2.05, 4.69) is 6.07 Å². The average molecular weight is 232 g/mol. The van der Waals surface area contributed by atoms with Crippen molar-refractivity contribution in [1.82, 2.24) is 0 Å². The highest BCUT2D eigenvalue weighted by Gasteiger charge is 2.21. The Morgan fingerprint density at radius 2 is 2.18 bits per heavy atom. The molecule has 0 unspecified atom stereocenters. The number of carbonyl (C=O) groups excluding carboxylic acids is 2. The normalized spacial score (nSPS) is 14.5. The van der Waals surface area contributed by atoms with Crippen LogP contribution in [0, 0.1) is 0 Å². The number of anilines is 2.